The molecule has 3 N–H and O–H groups in total. The average Bonchev–Trinajstić information content (AvgIpc) is 3.38. The Morgan fingerprint density at radius 2 is 1.85 bits per heavy atom. The number of H-pyrrole nitrogens is 2. The van der Waals surface area contributed by atoms with E-state index in [0.717, 1.165) is 39.2 Å². The van der Waals surface area contributed by atoms with Crippen molar-refractivity contribution in [2.45, 2.75) is 47.2 Å². The normalized spacial score (nSPS) is 12.6. The molecule has 0 fully saturated rings. The summed E-state index contributed by atoms with van der Waals surface area (Å²) in [6, 6.07) is 9.91. The van der Waals surface area contributed by atoms with E-state index < -0.39 is 11.6 Å². The number of amides is 1. The number of carbonyl (C=O) groups is 1. The fraction of sp³-hybridized carbons (Fsp3) is 0.345. The van der Waals surface area contributed by atoms with Gasteiger partial charge in [-0.1, -0.05) is 17.7 Å². The predicted octanol–water partition coefficient (Wildman–Crippen LogP) is 2.28. The topological polar surface area (TPSA) is 148 Å². The Morgan fingerprint density at radius 1 is 1.10 bits per heavy atom. The standard InChI is InChI=1S/C29H33N7O5/c1-6-41-23-13-19-7-9-35-21(20(19)14-22(23)40-5)15-24(31-25-17(3)11-16(2)12-18(25)4)36(29(35)39)10-8-30-27(37)26-32-28(38)34-33-26/h11-15H,6-10H2,1-5H3,(H,30,37)(H2,32,33,34,38). The van der Waals surface area contributed by atoms with Crippen LogP contribution in [0.4, 0.5) is 5.69 Å². The fourth-order valence-corrected chi connectivity index (χ4v) is 5.28. The Hall–Kier alpha value is -4.87. The number of nitrogens with zero attached hydrogens (tertiary/aromatic N) is 4. The second kappa shape index (κ2) is 11.3. The lowest BCUT2D eigenvalue weighted by Crippen LogP contribution is -2.44. The molecule has 0 spiro atoms. The molecule has 1 aliphatic rings. The second-order valence-electron chi connectivity index (χ2n) is 9.96. The number of methoxy groups -OCH3 is 1. The van der Waals surface area contributed by atoms with E-state index in [1.165, 1.54) is 0 Å². The first-order chi connectivity index (χ1) is 19.7. The Labute approximate surface area is 235 Å². The molecule has 0 atom stereocenters. The predicted molar refractivity (Wildman–Crippen MR) is 153 cm³/mol. The summed E-state index contributed by atoms with van der Waals surface area (Å²) in [6.45, 7) is 9.20. The monoisotopic (exact) mass is 559 g/mol. The van der Waals surface area contributed by atoms with E-state index in [1.54, 1.807) is 16.2 Å². The Kier molecular flexibility index (Phi) is 7.64. The van der Waals surface area contributed by atoms with Gasteiger partial charge in [-0.25, -0.2) is 19.7 Å². The minimum Gasteiger partial charge on any atom is -0.493 e. The molecule has 12 nitrogen and oxygen atoms in total. The van der Waals surface area contributed by atoms with Crippen LogP contribution in [-0.2, 0) is 19.5 Å². The Bertz CT molecular complexity index is 1800. The zero-order valence-electron chi connectivity index (χ0n) is 23.8. The largest absolute Gasteiger partial charge is 0.493 e. The van der Waals surface area contributed by atoms with Crippen LogP contribution in [0.15, 0.2) is 44.9 Å². The summed E-state index contributed by atoms with van der Waals surface area (Å²) in [5.41, 5.74) is 6.20. The molecule has 5 rings (SSSR count). The molecular formula is C29H33N7O5. The lowest BCUT2D eigenvalue weighted by molar-refractivity contribution is 0.0942. The highest BCUT2D eigenvalue weighted by molar-refractivity contribution is 5.90. The lowest BCUT2D eigenvalue weighted by atomic mass is 9.97. The molecule has 0 saturated heterocycles. The quantitative estimate of drug-likeness (QED) is 0.302. The van der Waals surface area contributed by atoms with Gasteiger partial charge in [-0.05, 0) is 62.9 Å². The van der Waals surface area contributed by atoms with E-state index in [0.29, 0.717) is 36.6 Å². The van der Waals surface area contributed by atoms with E-state index in [9.17, 15) is 14.4 Å². The smallest absolute Gasteiger partial charge is 0.341 e. The highest BCUT2D eigenvalue weighted by atomic mass is 16.5. The number of rotatable bonds is 8. The molecule has 4 aromatic rings. The van der Waals surface area contributed by atoms with Crippen LogP contribution in [0.2, 0.25) is 0 Å². The van der Waals surface area contributed by atoms with E-state index in [1.807, 2.05) is 45.9 Å². The molecule has 0 saturated carbocycles. The van der Waals surface area contributed by atoms with Crippen molar-refractivity contribution in [3.63, 3.8) is 0 Å². The van der Waals surface area contributed by atoms with Gasteiger partial charge in [-0.3, -0.25) is 18.9 Å². The summed E-state index contributed by atoms with van der Waals surface area (Å²) < 4.78 is 14.7. The third kappa shape index (κ3) is 5.45. The summed E-state index contributed by atoms with van der Waals surface area (Å²) in [4.78, 5) is 45.0. The number of carbonyl (C=O) groups excluding carboxylic acids is 1. The van der Waals surface area contributed by atoms with Gasteiger partial charge in [0.1, 0.15) is 5.49 Å². The number of benzene rings is 2. The van der Waals surface area contributed by atoms with Crippen LogP contribution in [0.3, 0.4) is 0 Å². The first-order valence-corrected chi connectivity index (χ1v) is 13.4. The van der Waals surface area contributed by atoms with Crippen LogP contribution < -0.4 is 31.7 Å². The van der Waals surface area contributed by atoms with Crippen molar-refractivity contribution in [2.75, 3.05) is 20.3 Å². The van der Waals surface area contributed by atoms with Crippen molar-refractivity contribution in [1.29, 1.82) is 0 Å². The number of aromatic nitrogens is 5. The molecule has 0 radical (unpaired) electrons. The zero-order chi connectivity index (χ0) is 29.3. The molecule has 1 aliphatic heterocycles. The van der Waals surface area contributed by atoms with Gasteiger partial charge in [-0.15, -0.1) is 5.10 Å². The van der Waals surface area contributed by atoms with E-state index in [-0.39, 0.29) is 24.6 Å². The van der Waals surface area contributed by atoms with Gasteiger partial charge in [0, 0.05) is 31.3 Å². The summed E-state index contributed by atoms with van der Waals surface area (Å²) in [5, 5.41) is 8.53. The molecule has 2 aromatic heterocycles. The van der Waals surface area contributed by atoms with Gasteiger partial charge in [0.05, 0.1) is 25.1 Å². The van der Waals surface area contributed by atoms with Gasteiger partial charge < -0.3 is 14.8 Å². The highest BCUT2D eigenvalue weighted by Crippen LogP contribution is 2.37. The van der Waals surface area contributed by atoms with E-state index in [4.69, 9.17) is 14.5 Å². The first-order valence-electron chi connectivity index (χ1n) is 13.4. The third-order valence-corrected chi connectivity index (χ3v) is 7.06. The van der Waals surface area contributed by atoms with Crippen LogP contribution in [0.1, 0.15) is 39.8 Å². The van der Waals surface area contributed by atoms with Gasteiger partial charge in [0.15, 0.2) is 11.5 Å². The van der Waals surface area contributed by atoms with Gasteiger partial charge >= 0.3 is 11.4 Å². The summed E-state index contributed by atoms with van der Waals surface area (Å²) in [5.74, 6) is 0.568. The number of aryl methyl sites for hydroxylation is 4. The molecule has 0 unspecified atom stereocenters. The minimum atomic E-state index is -0.576. The van der Waals surface area contributed by atoms with Crippen LogP contribution in [0.5, 0.6) is 11.5 Å². The molecule has 0 bridgehead atoms. The van der Waals surface area contributed by atoms with Crippen molar-refractivity contribution < 1.29 is 14.3 Å². The number of hydrogen-bond donors (Lipinski definition) is 3. The maximum atomic E-state index is 14.0. The summed E-state index contributed by atoms with van der Waals surface area (Å²) in [7, 11) is 1.59. The lowest BCUT2D eigenvalue weighted by Gasteiger charge is -2.25. The van der Waals surface area contributed by atoms with Crippen LogP contribution in [-0.4, -0.2) is 50.5 Å². The molecule has 214 valence electrons. The van der Waals surface area contributed by atoms with E-state index in [2.05, 4.69) is 32.6 Å². The third-order valence-electron chi connectivity index (χ3n) is 7.06. The highest BCUT2D eigenvalue weighted by Gasteiger charge is 2.23. The maximum absolute atomic E-state index is 14.0. The van der Waals surface area contributed by atoms with Gasteiger partial charge in [-0.2, -0.15) is 0 Å². The Morgan fingerprint density at radius 3 is 2.51 bits per heavy atom. The molecule has 0 aliphatic carbocycles. The number of aromatic amines is 2. The second-order valence-corrected chi connectivity index (χ2v) is 9.96. The van der Waals surface area contributed by atoms with Gasteiger partial charge in [0.25, 0.3) is 5.91 Å². The van der Waals surface area contributed by atoms with Crippen molar-refractivity contribution in [3.05, 3.63) is 84.9 Å². The van der Waals surface area contributed by atoms with Crippen LogP contribution >= 0.6 is 0 Å². The van der Waals surface area contributed by atoms with Gasteiger partial charge in [0.2, 0.25) is 5.82 Å². The average molecular weight is 560 g/mol. The zero-order valence-corrected chi connectivity index (χ0v) is 23.8. The van der Waals surface area contributed by atoms with Crippen molar-refractivity contribution in [3.8, 4) is 22.8 Å². The number of hydrogen-bond acceptors (Lipinski definition) is 7. The molecule has 3 heterocycles. The summed E-state index contributed by atoms with van der Waals surface area (Å²) in [6.07, 6.45) is 0.641. The number of ether oxygens (including phenoxy) is 2. The van der Waals surface area contributed by atoms with Crippen molar-refractivity contribution in [1.82, 2.24) is 29.6 Å². The number of fused-ring (bicyclic) bond motifs is 3. The Balaban J connectivity index is 1.63. The van der Waals surface area contributed by atoms with Crippen LogP contribution in [0, 0.1) is 20.8 Å². The molecule has 41 heavy (non-hydrogen) atoms. The number of nitrogens with one attached hydrogen (secondary N) is 3. The first kappa shape index (κ1) is 27.7. The fourth-order valence-electron chi connectivity index (χ4n) is 5.28. The van der Waals surface area contributed by atoms with Crippen molar-refractivity contribution >= 4 is 11.6 Å². The SMILES string of the molecule is CCOc1cc2c(cc1OC)-c1cc(=Nc3c(C)cc(C)cc3C)n(CCNC(=O)c3n[nH]c(=O)[nH]3)c(=O)n1CC2. The molecule has 2 aromatic carbocycles. The molecule has 12 heteroatoms. The van der Waals surface area contributed by atoms with Crippen LogP contribution in [0.25, 0.3) is 11.3 Å². The molecular weight excluding hydrogens is 526 g/mol. The van der Waals surface area contributed by atoms with E-state index >= 15 is 0 Å². The minimum absolute atomic E-state index is 0.115. The van der Waals surface area contributed by atoms with Crippen molar-refractivity contribution in [2.24, 2.45) is 4.99 Å². The summed E-state index contributed by atoms with van der Waals surface area (Å²) >= 11 is 0. The maximum Gasteiger partial charge on any atom is 0.341 e. The molecule has 1 amide bonds.